The number of carbonyl (C=O) groups excluding carboxylic acids is 2. The molecule has 124 valence electrons. The second-order valence-corrected chi connectivity index (χ2v) is 7.01. The van der Waals surface area contributed by atoms with E-state index in [0.29, 0.717) is 13.2 Å². The Hall–Kier alpha value is -1.36. The normalized spacial score (nSPS) is 27.6. The maximum Gasteiger partial charge on any atom is 0.326 e. The zero-order chi connectivity index (χ0) is 16.5. The molecule has 5 heteroatoms. The number of urea groups is 1. The Morgan fingerprint density at radius 1 is 1.36 bits per heavy atom. The maximum absolute atomic E-state index is 13.0. The first kappa shape index (κ1) is 17.0. The highest BCUT2D eigenvalue weighted by Gasteiger charge is 2.58. The number of hydrogen-bond donors (Lipinski definition) is 1. The maximum atomic E-state index is 13.0. The predicted octanol–water partition coefficient (Wildman–Crippen LogP) is 2.59. The van der Waals surface area contributed by atoms with Gasteiger partial charge in [-0.15, -0.1) is 0 Å². The van der Waals surface area contributed by atoms with E-state index in [1.807, 2.05) is 13.8 Å². The van der Waals surface area contributed by atoms with Crippen LogP contribution in [0.15, 0.2) is 12.2 Å². The van der Waals surface area contributed by atoms with E-state index in [0.717, 1.165) is 31.4 Å². The summed E-state index contributed by atoms with van der Waals surface area (Å²) in [5, 5.41) is 3.04. The minimum Gasteiger partial charge on any atom is -0.323 e. The van der Waals surface area contributed by atoms with Gasteiger partial charge in [-0.3, -0.25) is 9.69 Å². The standard InChI is InChI=1S/C17H29N3O2/c1-6-19(10-12(2)3)11-20-15(21)17(18-16(20)22)13(4)8-7-9-14(17)5/h13-14H,2,6-11H2,1,3-5H3,(H,18,22)/t13-,14-/m0/s1. The van der Waals surface area contributed by atoms with Crippen LogP contribution in [0.2, 0.25) is 0 Å². The molecule has 1 spiro atoms. The molecule has 0 unspecified atom stereocenters. The first-order valence-electron chi connectivity index (χ1n) is 8.33. The van der Waals surface area contributed by atoms with Crippen molar-refractivity contribution < 1.29 is 9.59 Å². The van der Waals surface area contributed by atoms with Crippen LogP contribution in [0.1, 0.15) is 47.0 Å². The van der Waals surface area contributed by atoms with Crippen LogP contribution in [0, 0.1) is 11.8 Å². The van der Waals surface area contributed by atoms with Gasteiger partial charge in [-0.25, -0.2) is 9.69 Å². The lowest BCUT2D eigenvalue weighted by Gasteiger charge is -2.42. The molecule has 2 rings (SSSR count). The topological polar surface area (TPSA) is 52.6 Å². The molecule has 0 aromatic carbocycles. The predicted molar refractivity (Wildman–Crippen MR) is 87.2 cm³/mol. The first-order valence-corrected chi connectivity index (χ1v) is 8.33. The van der Waals surface area contributed by atoms with Gasteiger partial charge < -0.3 is 5.32 Å². The Morgan fingerprint density at radius 3 is 2.45 bits per heavy atom. The number of likely N-dealkylation sites (N-methyl/N-ethyl adjacent to an activating group) is 1. The van der Waals surface area contributed by atoms with Gasteiger partial charge in [0.25, 0.3) is 5.91 Å². The van der Waals surface area contributed by atoms with Gasteiger partial charge in [0, 0.05) is 6.54 Å². The lowest BCUT2D eigenvalue weighted by molar-refractivity contribution is -0.137. The van der Waals surface area contributed by atoms with Crippen molar-refractivity contribution in [1.29, 1.82) is 0 Å². The third kappa shape index (κ3) is 2.78. The summed E-state index contributed by atoms with van der Waals surface area (Å²) in [5.74, 6) is 0.334. The van der Waals surface area contributed by atoms with E-state index >= 15 is 0 Å². The molecule has 5 nitrogen and oxygen atoms in total. The van der Waals surface area contributed by atoms with Gasteiger partial charge in [0.1, 0.15) is 5.54 Å². The fourth-order valence-corrected chi connectivity index (χ4v) is 3.92. The van der Waals surface area contributed by atoms with Gasteiger partial charge in [-0.1, -0.05) is 39.3 Å². The van der Waals surface area contributed by atoms with E-state index in [4.69, 9.17) is 0 Å². The van der Waals surface area contributed by atoms with Crippen LogP contribution < -0.4 is 5.32 Å². The van der Waals surface area contributed by atoms with Crippen molar-refractivity contribution in [2.45, 2.75) is 52.5 Å². The summed E-state index contributed by atoms with van der Waals surface area (Å²) >= 11 is 0. The molecule has 1 aliphatic heterocycles. The highest BCUT2D eigenvalue weighted by Crippen LogP contribution is 2.42. The monoisotopic (exact) mass is 307 g/mol. The van der Waals surface area contributed by atoms with Gasteiger partial charge in [0.2, 0.25) is 0 Å². The van der Waals surface area contributed by atoms with E-state index < -0.39 is 5.54 Å². The zero-order valence-electron chi connectivity index (χ0n) is 14.3. The molecule has 2 atom stereocenters. The molecule has 22 heavy (non-hydrogen) atoms. The highest BCUT2D eigenvalue weighted by atomic mass is 16.2. The number of imide groups is 1. The van der Waals surface area contributed by atoms with Crippen LogP contribution >= 0.6 is 0 Å². The summed E-state index contributed by atoms with van der Waals surface area (Å²) in [7, 11) is 0. The average Bonchev–Trinajstić information content (AvgIpc) is 2.69. The minimum atomic E-state index is -0.696. The van der Waals surface area contributed by atoms with E-state index in [-0.39, 0.29) is 23.8 Å². The highest BCUT2D eigenvalue weighted by molar-refractivity contribution is 6.07. The van der Waals surface area contributed by atoms with Crippen molar-refractivity contribution in [1.82, 2.24) is 15.1 Å². The van der Waals surface area contributed by atoms with Gasteiger partial charge >= 0.3 is 6.03 Å². The number of rotatable bonds is 5. The molecule has 1 heterocycles. The van der Waals surface area contributed by atoms with Crippen LogP contribution in [0.4, 0.5) is 4.79 Å². The summed E-state index contributed by atoms with van der Waals surface area (Å²) in [4.78, 5) is 28.9. The van der Waals surface area contributed by atoms with Gasteiger partial charge in [-0.2, -0.15) is 0 Å². The average molecular weight is 307 g/mol. The van der Waals surface area contributed by atoms with E-state index in [1.54, 1.807) is 0 Å². The fourth-order valence-electron chi connectivity index (χ4n) is 3.92. The quantitative estimate of drug-likeness (QED) is 0.627. The Morgan fingerprint density at radius 2 is 1.95 bits per heavy atom. The van der Waals surface area contributed by atoms with Crippen molar-refractivity contribution in [3.8, 4) is 0 Å². The molecule has 0 aromatic heterocycles. The van der Waals surface area contributed by atoms with Gasteiger partial charge in [0.05, 0.1) is 6.67 Å². The van der Waals surface area contributed by atoms with Crippen LogP contribution in [0.5, 0.6) is 0 Å². The second kappa shape index (κ2) is 6.41. The summed E-state index contributed by atoms with van der Waals surface area (Å²) in [6.45, 7) is 13.9. The van der Waals surface area contributed by atoms with Crippen molar-refractivity contribution in [3.05, 3.63) is 12.2 Å². The lowest BCUT2D eigenvalue weighted by atomic mass is 9.67. The lowest BCUT2D eigenvalue weighted by Crippen LogP contribution is -2.59. The van der Waals surface area contributed by atoms with Crippen molar-refractivity contribution in [3.63, 3.8) is 0 Å². The number of nitrogens with one attached hydrogen (secondary N) is 1. The summed E-state index contributed by atoms with van der Waals surface area (Å²) < 4.78 is 0. The summed E-state index contributed by atoms with van der Waals surface area (Å²) in [6.07, 6.45) is 3.12. The molecule has 1 N–H and O–H groups in total. The molecule has 2 fully saturated rings. The Labute approximate surface area is 133 Å². The van der Waals surface area contributed by atoms with Crippen LogP contribution in [0.25, 0.3) is 0 Å². The van der Waals surface area contributed by atoms with E-state index in [2.05, 4.69) is 30.6 Å². The summed E-state index contributed by atoms with van der Waals surface area (Å²) in [5.41, 5.74) is 0.334. The van der Waals surface area contributed by atoms with Gasteiger partial charge in [0.15, 0.2) is 0 Å². The molecule has 1 saturated heterocycles. The Bertz CT molecular complexity index is 465. The number of carbonyl (C=O) groups is 2. The molecule has 2 aliphatic rings. The molecular weight excluding hydrogens is 278 g/mol. The van der Waals surface area contributed by atoms with E-state index in [1.165, 1.54) is 4.90 Å². The number of nitrogens with zero attached hydrogens (tertiary/aromatic N) is 2. The van der Waals surface area contributed by atoms with Crippen molar-refractivity contribution in [2.24, 2.45) is 11.8 Å². The molecule has 1 saturated carbocycles. The molecule has 0 bridgehead atoms. The number of amides is 3. The smallest absolute Gasteiger partial charge is 0.323 e. The fraction of sp³-hybridized carbons (Fsp3) is 0.765. The first-order chi connectivity index (χ1) is 10.3. The van der Waals surface area contributed by atoms with Crippen molar-refractivity contribution >= 4 is 11.9 Å². The zero-order valence-corrected chi connectivity index (χ0v) is 14.3. The Kier molecular flexibility index (Phi) is 4.95. The molecule has 0 radical (unpaired) electrons. The molecule has 1 aliphatic carbocycles. The SMILES string of the molecule is C=C(C)CN(CC)CN1C(=O)NC2(C1=O)[C@@H](C)CCC[C@@H]2C. The van der Waals surface area contributed by atoms with E-state index in [9.17, 15) is 9.59 Å². The van der Waals surface area contributed by atoms with Crippen LogP contribution in [0.3, 0.4) is 0 Å². The van der Waals surface area contributed by atoms with Crippen LogP contribution in [-0.2, 0) is 4.79 Å². The third-order valence-corrected chi connectivity index (χ3v) is 5.27. The van der Waals surface area contributed by atoms with Gasteiger partial charge in [-0.05, 0) is 38.1 Å². The van der Waals surface area contributed by atoms with Crippen molar-refractivity contribution in [2.75, 3.05) is 19.8 Å². The molecule has 3 amide bonds. The summed E-state index contributed by atoms with van der Waals surface area (Å²) in [6, 6.07) is -0.245. The van der Waals surface area contributed by atoms with Crippen LogP contribution in [-0.4, -0.2) is 47.0 Å². The molecule has 0 aromatic rings. The second-order valence-electron chi connectivity index (χ2n) is 7.01. The largest absolute Gasteiger partial charge is 0.326 e. The molecular formula is C17H29N3O2. The third-order valence-electron chi connectivity index (χ3n) is 5.27. The Balaban J connectivity index is 2.19. The number of hydrogen-bond acceptors (Lipinski definition) is 3. The minimum absolute atomic E-state index is 0.0441.